The van der Waals surface area contributed by atoms with Crippen LogP contribution < -0.4 is 0 Å². The minimum Gasteiger partial charge on any atom is -0.153 e. The summed E-state index contributed by atoms with van der Waals surface area (Å²) in [5, 5.41) is 0. The average Bonchev–Trinajstić information content (AvgIpc) is 0. The van der Waals surface area contributed by atoms with Gasteiger partial charge in [-0.25, -0.2) is 0 Å². The Morgan fingerprint density at radius 2 is 0.333 bits per heavy atom. The molecule has 0 spiro atoms. The molecule has 6 heteroatoms. The summed E-state index contributed by atoms with van der Waals surface area (Å²) in [6, 6.07) is 0. The molecule has 0 aromatic rings. The molecule has 0 fully saturated rings. The Bertz CT molecular complexity index is 3.90. The summed E-state index contributed by atoms with van der Waals surface area (Å²) in [4.78, 5) is 0. The fourth-order valence-corrected chi connectivity index (χ4v) is 0. The topological polar surface area (TPSA) is 0 Å². The molecule has 0 aliphatic heterocycles. The van der Waals surface area contributed by atoms with Crippen LogP contribution in [0.15, 0.2) is 0 Å². The van der Waals surface area contributed by atoms with Crippen molar-refractivity contribution >= 4 is 49.5 Å². The van der Waals surface area contributed by atoms with Crippen molar-refractivity contribution in [2.45, 2.75) is 0 Å². The number of hydrogen-bond donors (Lipinski definition) is 0. The Morgan fingerprint density at radius 1 is 0.333 bits per heavy atom. The summed E-state index contributed by atoms with van der Waals surface area (Å²) in [6.07, 6.45) is 0. The molecule has 0 aliphatic carbocycles. The smallest absolute Gasteiger partial charge is 0 e. The van der Waals surface area contributed by atoms with Crippen molar-refractivity contribution in [2.24, 2.45) is 0 Å². The second-order valence-electron chi connectivity index (χ2n) is 0. The molecule has 0 bridgehead atoms. The first-order valence-corrected chi connectivity index (χ1v) is 0. The van der Waals surface area contributed by atoms with Gasteiger partial charge in [-0.05, 0) is 0 Å². The van der Waals surface area contributed by atoms with E-state index in [1.807, 2.05) is 0 Å². The van der Waals surface area contributed by atoms with Crippen molar-refractivity contribution in [1.82, 2.24) is 0 Å². The molecule has 0 heterocycles. The molecular formula is H15FeP5. The van der Waals surface area contributed by atoms with Gasteiger partial charge in [0.05, 0.1) is 0 Å². The van der Waals surface area contributed by atoms with Gasteiger partial charge in [-0.2, -0.15) is 49.5 Å². The SMILES string of the molecule is P.P.P.P.P.[Fe]. The third-order valence-corrected chi connectivity index (χ3v) is 0. The zero-order valence-electron chi connectivity index (χ0n) is 3.89. The second-order valence-corrected chi connectivity index (χ2v) is 0. The fourth-order valence-electron chi connectivity index (χ4n) is 0. The van der Waals surface area contributed by atoms with Gasteiger partial charge in [-0.15, -0.1) is 0 Å². The Balaban J connectivity index is 0. The number of hydrogen-bond acceptors (Lipinski definition) is 0. The van der Waals surface area contributed by atoms with Crippen molar-refractivity contribution in [3.05, 3.63) is 0 Å². The summed E-state index contributed by atoms with van der Waals surface area (Å²) in [6.45, 7) is 0. The Kier molecular flexibility index (Phi) is 571. The van der Waals surface area contributed by atoms with E-state index >= 15 is 0 Å². The fraction of sp³-hybridized carbons (Fsp3) is 0. The summed E-state index contributed by atoms with van der Waals surface area (Å²) in [5.74, 6) is 0. The predicted octanol–water partition coefficient (Wildman–Crippen LogP) is 0.288. The van der Waals surface area contributed by atoms with Gasteiger partial charge in [0.25, 0.3) is 0 Å². The molecular weight excluding hydrogens is 211 g/mol. The van der Waals surface area contributed by atoms with Crippen molar-refractivity contribution in [3.8, 4) is 0 Å². The Labute approximate surface area is 66.7 Å². The maximum absolute atomic E-state index is 0. The van der Waals surface area contributed by atoms with Gasteiger partial charge in [-0.3, -0.25) is 0 Å². The van der Waals surface area contributed by atoms with Gasteiger partial charge in [0.15, 0.2) is 0 Å². The van der Waals surface area contributed by atoms with Crippen LogP contribution in [-0.4, -0.2) is 0 Å². The standard InChI is InChI=1S/Fe.5H3P/h;5*1H3. The van der Waals surface area contributed by atoms with E-state index in [0.29, 0.717) is 0 Å². The van der Waals surface area contributed by atoms with Crippen LogP contribution in [0.5, 0.6) is 0 Å². The van der Waals surface area contributed by atoms with Crippen molar-refractivity contribution in [3.63, 3.8) is 0 Å². The molecule has 0 saturated heterocycles. The monoisotopic (exact) mass is 226 g/mol. The van der Waals surface area contributed by atoms with Crippen molar-refractivity contribution in [1.29, 1.82) is 0 Å². The Hall–Kier alpha value is 2.67. The minimum atomic E-state index is 0. The van der Waals surface area contributed by atoms with E-state index in [1.54, 1.807) is 0 Å². The summed E-state index contributed by atoms with van der Waals surface area (Å²) >= 11 is 0. The minimum absolute atomic E-state index is 0. The van der Waals surface area contributed by atoms with Crippen LogP contribution in [0.3, 0.4) is 0 Å². The summed E-state index contributed by atoms with van der Waals surface area (Å²) < 4.78 is 0. The van der Waals surface area contributed by atoms with Crippen molar-refractivity contribution in [2.75, 3.05) is 0 Å². The maximum atomic E-state index is 0. The van der Waals surface area contributed by atoms with E-state index in [1.165, 1.54) is 0 Å². The average molecular weight is 226 g/mol. The van der Waals surface area contributed by atoms with Crippen LogP contribution in [0.2, 0.25) is 0 Å². The summed E-state index contributed by atoms with van der Waals surface area (Å²) in [7, 11) is 0. The summed E-state index contributed by atoms with van der Waals surface area (Å²) in [5.41, 5.74) is 0. The zero-order valence-corrected chi connectivity index (χ0v) is 12.1. The van der Waals surface area contributed by atoms with Gasteiger partial charge in [0.1, 0.15) is 0 Å². The predicted molar refractivity (Wildman–Crippen MR) is 55.5 cm³/mol. The molecule has 0 nitrogen and oxygen atoms in total. The van der Waals surface area contributed by atoms with E-state index in [2.05, 4.69) is 0 Å². The molecule has 48 valence electrons. The van der Waals surface area contributed by atoms with Crippen molar-refractivity contribution < 1.29 is 17.1 Å². The zero-order chi connectivity index (χ0) is 0. The van der Waals surface area contributed by atoms with Crippen LogP contribution in [-0.2, 0) is 17.1 Å². The van der Waals surface area contributed by atoms with E-state index < -0.39 is 0 Å². The van der Waals surface area contributed by atoms with Crippen LogP contribution in [0.4, 0.5) is 0 Å². The van der Waals surface area contributed by atoms with E-state index in [0.717, 1.165) is 0 Å². The van der Waals surface area contributed by atoms with E-state index in [4.69, 9.17) is 0 Å². The first kappa shape index (κ1) is 71.6. The quantitative estimate of drug-likeness (QED) is 0.411. The van der Waals surface area contributed by atoms with E-state index in [-0.39, 0.29) is 66.6 Å². The van der Waals surface area contributed by atoms with Crippen LogP contribution in [0.1, 0.15) is 0 Å². The molecule has 0 saturated carbocycles. The molecule has 0 radical (unpaired) electrons. The Morgan fingerprint density at radius 3 is 0.333 bits per heavy atom. The number of rotatable bonds is 0. The molecule has 6 heavy (non-hydrogen) atoms. The normalized spacial score (nSPS) is 0. The van der Waals surface area contributed by atoms with E-state index in [9.17, 15) is 0 Å². The second kappa shape index (κ2) is 47.9. The molecule has 0 aromatic heterocycles. The molecule has 5 atom stereocenters. The van der Waals surface area contributed by atoms with Gasteiger partial charge < -0.3 is 0 Å². The molecule has 5 unspecified atom stereocenters. The molecule has 0 N–H and O–H groups in total. The molecule has 0 amide bonds. The van der Waals surface area contributed by atoms with Gasteiger partial charge in [0.2, 0.25) is 0 Å². The third-order valence-electron chi connectivity index (χ3n) is 0. The molecule has 0 rings (SSSR count). The molecule has 0 aliphatic rings. The molecule has 0 aromatic carbocycles. The van der Waals surface area contributed by atoms with Crippen LogP contribution in [0, 0.1) is 0 Å². The van der Waals surface area contributed by atoms with Gasteiger partial charge in [0, 0.05) is 17.1 Å². The first-order chi connectivity index (χ1) is 0. The van der Waals surface area contributed by atoms with Gasteiger partial charge >= 0.3 is 0 Å². The first-order valence-electron chi connectivity index (χ1n) is 0. The largest absolute Gasteiger partial charge is 0.153 e. The van der Waals surface area contributed by atoms with Gasteiger partial charge in [-0.1, -0.05) is 0 Å². The van der Waals surface area contributed by atoms with Crippen LogP contribution in [0.25, 0.3) is 0 Å². The third kappa shape index (κ3) is 30.1. The maximum Gasteiger partial charge on any atom is 0 e. The van der Waals surface area contributed by atoms with Crippen LogP contribution >= 0.6 is 49.5 Å².